The summed E-state index contributed by atoms with van der Waals surface area (Å²) in [4.78, 5) is 13.0. The number of rotatable bonds is 2. The van der Waals surface area contributed by atoms with Crippen LogP contribution in [0.1, 0.15) is 33.9 Å². The molecule has 2 N–H and O–H groups in total. The zero-order chi connectivity index (χ0) is 21.8. The molecule has 0 radical (unpaired) electrons. The number of carbonyl (C=O) groups is 1. The molecule has 4 aromatic rings. The van der Waals surface area contributed by atoms with E-state index in [9.17, 15) is 4.79 Å². The number of anilines is 1. The summed E-state index contributed by atoms with van der Waals surface area (Å²) in [6, 6.07) is 36.6. The average molecular weight is 417 g/mol. The fraction of sp³-hybridized carbons (Fsp3) is 0.0690. The number of para-hydroxylation sites is 1. The fourth-order valence-electron chi connectivity index (χ4n) is 4.26. The number of benzene rings is 4. The van der Waals surface area contributed by atoms with Gasteiger partial charge in [-0.15, -0.1) is 0 Å². The van der Waals surface area contributed by atoms with Crippen LogP contribution in [0.15, 0.2) is 109 Å². The summed E-state index contributed by atoms with van der Waals surface area (Å²) in [6.45, 7) is 0. The van der Waals surface area contributed by atoms with Crippen LogP contribution in [0.4, 0.5) is 10.5 Å². The molecule has 32 heavy (non-hydrogen) atoms. The lowest BCUT2D eigenvalue weighted by atomic mass is 9.88. The molecular weight excluding hydrogens is 392 g/mol. The lowest BCUT2D eigenvalue weighted by Crippen LogP contribution is -2.34. The quantitative estimate of drug-likeness (QED) is 0.375. The van der Waals surface area contributed by atoms with Gasteiger partial charge in [-0.3, -0.25) is 0 Å². The van der Waals surface area contributed by atoms with Gasteiger partial charge in [-0.25, -0.2) is 4.79 Å². The number of hydrogen-bond donors (Lipinski definition) is 2. The van der Waals surface area contributed by atoms with E-state index >= 15 is 0 Å². The molecule has 0 fully saturated rings. The van der Waals surface area contributed by atoms with Crippen LogP contribution < -0.4 is 10.6 Å². The Hall–Kier alpha value is -4.11. The minimum atomic E-state index is -0.208. The Morgan fingerprint density at radius 1 is 0.688 bits per heavy atom. The van der Waals surface area contributed by atoms with Gasteiger partial charge in [-0.1, -0.05) is 103 Å². The second kappa shape index (κ2) is 8.94. The normalized spacial score (nSPS) is 17.4. The molecule has 0 aliphatic carbocycles. The summed E-state index contributed by atoms with van der Waals surface area (Å²) in [5.74, 6) is 0. The van der Waals surface area contributed by atoms with Crippen molar-refractivity contribution in [3.05, 3.63) is 137 Å². The molecule has 3 nitrogen and oxygen atoms in total. The van der Waals surface area contributed by atoms with Gasteiger partial charge in [0.25, 0.3) is 0 Å². The predicted molar refractivity (Wildman–Crippen MR) is 131 cm³/mol. The van der Waals surface area contributed by atoms with Crippen LogP contribution in [0.2, 0.25) is 0 Å². The van der Waals surface area contributed by atoms with Crippen molar-refractivity contribution >= 4 is 23.4 Å². The Morgan fingerprint density at radius 2 is 1.34 bits per heavy atom. The SMILES string of the molecule is O=C1Nc2ccccc2/C=C(\c2ccccc2)c2ccccc2C[C@@H](c2ccccc2)N1. The Balaban J connectivity index is 1.73. The van der Waals surface area contributed by atoms with Crippen LogP contribution >= 0.6 is 0 Å². The number of fused-ring (bicyclic) bond motifs is 2. The maximum atomic E-state index is 13.0. The highest BCUT2D eigenvalue weighted by molar-refractivity contribution is 5.98. The molecule has 156 valence electrons. The fourth-order valence-corrected chi connectivity index (χ4v) is 4.26. The highest BCUT2D eigenvalue weighted by atomic mass is 16.2. The van der Waals surface area contributed by atoms with Gasteiger partial charge in [0.15, 0.2) is 0 Å². The van der Waals surface area contributed by atoms with E-state index < -0.39 is 0 Å². The van der Waals surface area contributed by atoms with E-state index in [0.29, 0.717) is 6.42 Å². The molecule has 4 aromatic carbocycles. The van der Waals surface area contributed by atoms with Crippen LogP contribution in [-0.4, -0.2) is 6.03 Å². The molecule has 1 atom stereocenters. The summed E-state index contributed by atoms with van der Waals surface area (Å²) in [5, 5.41) is 6.26. The zero-order valence-electron chi connectivity index (χ0n) is 17.7. The molecule has 0 spiro atoms. The number of hydrogen-bond acceptors (Lipinski definition) is 1. The molecular formula is C29H24N2O. The summed E-state index contributed by atoms with van der Waals surface area (Å²) in [6.07, 6.45) is 2.86. The van der Waals surface area contributed by atoms with E-state index in [1.165, 1.54) is 11.1 Å². The first kappa shape index (κ1) is 19.8. The molecule has 0 saturated heterocycles. The third-order valence-electron chi connectivity index (χ3n) is 5.83. The average Bonchev–Trinajstić information content (AvgIpc) is 2.86. The maximum absolute atomic E-state index is 13.0. The first-order chi connectivity index (χ1) is 15.8. The highest BCUT2D eigenvalue weighted by Gasteiger charge is 2.20. The van der Waals surface area contributed by atoms with Crippen molar-refractivity contribution in [3.8, 4) is 0 Å². The van der Waals surface area contributed by atoms with Crippen molar-refractivity contribution in [1.82, 2.24) is 5.32 Å². The molecule has 1 aliphatic heterocycles. The third-order valence-corrected chi connectivity index (χ3v) is 5.83. The summed E-state index contributed by atoms with van der Waals surface area (Å²) in [5.41, 5.74) is 7.47. The topological polar surface area (TPSA) is 41.1 Å². The Morgan fingerprint density at radius 3 is 2.16 bits per heavy atom. The first-order valence-corrected chi connectivity index (χ1v) is 10.8. The number of carbonyl (C=O) groups excluding carboxylic acids is 1. The van der Waals surface area contributed by atoms with E-state index in [1.807, 2.05) is 48.5 Å². The zero-order valence-corrected chi connectivity index (χ0v) is 17.7. The van der Waals surface area contributed by atoms with Crippen molar-refractivity contribution in [2.24, 2.45) is 0 Å². The van der Waals surface area contributed by atoms with Gasteiger partial charge in [-0.2, -0.15) is 0 Å². The molecule has 0 aromatic heterocycles. The van der Waals surface area contributed by atoms with E-state index in [2.05, 4.69) is 77.4 Å². The predicted octanol–water partition coefficient (Wildman–Crippen LogP) is 6.69. The smallest absolute Gasteiger partial charge is 0.319 e. The molecule has 1 aliphatic rings. The first-order valence-electron chi connectivity index (χ1n) is 10.8. The van der Waals surface area contributed by atoms with Crippen molar-refractivity contribution in [3.63, 3.8) is 0 Å². The van der Waals surface area contributed by atoms with Crippen molar-refractivity contribution < 1.29 is 4.79 Å². The minimum Gasteiger partial charge on any atom is -0.331 e. The summed E-state index contributed by atoms with van der Waals surface area (Å²) >= 11 is 0. The van der Waals surface area contributed by atoms with E-state index in [4.69, 9.17) is 0 Å². The van der Waals surface area contributed by atoms with Crippen LogP contribution in [0.3, 0.4) is 0 Å². The highest BCUT2D eigenvalue weighted by Crippen LogP contribution is 2.33. The van der Waals surface area contributed by atoms with E-state index in [-0.39, 0.29) is 12.1 Å². The van der Waals surface area contributed by atoms with Crippen LogP contribution in [0, 0.1) is 0 Å². The van der Waals surface area contributed by atoms with Crippen molar-refractivity contribution in [2.45, 2.75) is 12.5 Å². The van der Waals surface area contributed by atoms with Gasteiger partial charge in [0.2, 0.25) is 0 Å². The van der Waals surface area contributed by atoms with Gasteiger partial charge >= 0.3 is 6.03 Å². The lowest BCUT2D eigenvalue weighted by molar-refractivity contribution is 0.248. The Labute approximate surface area is 188 Å². The monoisotopic (exact) mass is 416 g/mol. The van der Waals surface area contributed by atoms with Gasteiger partial charge < -0.3 is 10.6 Å². The van der Waals surface area contributed by atoms with Crippen LogP contribution in [0.5, 0.6) is 0 Å². The molecule has 0 saturated carbocycles. The van der Waals surface area contributed by atoms with Gasteiger partial charge in [-0.05, 0) is 52.0 Å². The summed E-state index contributed by atoms with van der Waals surface area (Å²) < 4.78 is 0. The molecule has 3 heteroatoms. The van der Waals surface area contributed by atoms with E-state index in [1.54, 1.807) is 0 Å². The Bertz CT molecular complexity index is 1260. The second-order valence-electron chi connectivity index (χ2n) is 7.93. The van der Waals surface area contributed by atoms with E-state index in [0.717, 1.165) is 28.0 Å². The van der Waals surface area contributed by atoms with Gasteiger partial charge in [0.05, 0.1) is 6.04 Å². The van der Waals surface area contributed by atoms with Gasteiger partial charge in [0, 0.05) is 5.69 Å². The number of amides is 2. The lowest BCUT2D eigenvalue weighted by Gasteiger charge is -2.21. The molecule has 0 bridgehead atoms. The molecule has 0 unspecified atom stereocenters. The summed E-state index contributed by atoms with van der Waals surface area (Å²) in [7, 11) is 0. The molecule has 5 rings (SSSR count). The van der Waals surface area contributed by atoms with Crippen molar-refractivity contribution in [1.29, 1.82) is 0 Å². The maximum Gasteiger partial charge on any atom is 0.319 e. The largest absolute Gasteiger partial charge is 0.331 e. The van der Waals surface area contributed by atoms with Crippen LogP contribution in [0.25, 0.3) is 11.6 Å². The number of urea groups is 1. The molecule has 2 amide bonds. The standard InChI is InChI=1S/C29H24N2O/c32-29-30-27-18-10-8-16-24(27)19-26(21-11-3-1-4-12-21)25-17-9-7-15-23(25)20-28(31-29)22-13-5-2-6-14-22/h1-19,28H,20H2,(H2,30,31,32)/b26-19+/t28-/m0/s1. The minimum absolute atomic E-state index is 0.153. The van der Waals surface area contributed by atoms with Crippen LogP contribution in [-0.2, 0) is 6.42 Å². The Kier molecular flexibility index (Phi) is 5.54. The van der Waals surface area contributed by atoms with Gasteiger partial charge in [0.1, 0.15) is 0 Å². The third kappa shape index (κ3) is 4.19. The molecule has 1 heterocycles. The second-order valence-corrected chi connectivity index (χ2v) is 7.93. The number of nitrogens with one attached hydrogen (secondary N) is 2. The van der Waals surface area contributed by atoms with Crippen molar-refractivity contribution in [2.75, 3.05) is 5.32 Å².